The number of hydrogen-bond donors (Lipinski definition) is 0. The van der Waals surface area contributed by atoms with Gasteiger partial charge in [-0.25, -0.2) is 0 Å². The molecule has 3 heteroatoms. The molecule has 0 aliphatic heterocycles. The van der Waals surface area contributed by atoms with Crippen molar-refractivity contribution >= 4 is 27.7 Å². The molecular weight excluding hydrogens is 236 g/mol. The predicted octanol–water partition coefficient (Wildman–Crippen LogP) is 3.18. The van der Waals surface area contributed by atoms with E-state index < -0.39 is 0 Å². The van der Waals surface area contributed by atoms with Crippen molar-refractivity contribution in [3.63, 3.8) is 0 Å². The van der Waals surface area contributed by atoms with Gasteiger partial charge in [-0.2, -0.15) is 0 Å². The summed E-state index contributed by atoms with van der Waals surface area (Å²) in [6.07, 6.45) is 0. The third-order valence-electron chi connectivity index (χ3n) is 1.40. The summed E-state index contributed by atoms with van der Waals surface area (Å²) in [7, 11) is 1.70. The summed E-state index contributed by atoms with van der Waals surface area (Å²) >= 11 is 5.19. The van der Waals surface area contributed by atoms with Crippen LogP contribution in [0.25, 0.3) is 0 Å². The fraction of sp³-hybridized carbons (Fsp3) is 0.333. The van der Waals surface area contributed by atoms with Gasteiger partial charge in [-0.15, -0.1) is 11.8 Å². The smallest absolute Gasteiger partial charge is 0.132 e. The van der Waals surface area contributed by atoms with Gasteiger partial charge in [0.2, 0.25) is 0 Å². The van der Waals surface area contributed by atoms with Crippen molar-refractivity contribution in [1.29, 1.82) is 0 Å². The second kappa shape index (κ2) is 5.49. The third kappa shape index (κ3) is 2.72. The van der Waals surface area contributed by atoms with Crippen LogP contribution in [0, 0.1) is 0 Å². The molecule has 0 amide bonds. The van der Waals surface area contributed by atoms with Crippen LogP contribution in [-0.2, 0) is 0 Å². The molecule has 0 saturated carbocycles. The second-order valence-electron chi connectivity index (χ2n) is 2.19. The third-order valence-corrected chi connectivity index (χ3v) is 3.38. The summed E-state index contributed by atoms with van der Waals surface area (Å²) in [5.41, 5.74) is 0. The number of hydrogen-bond acceptors (Lipinski definition) is 2. The van der Waals surface area contributed by atoms with Gasteiger partial charge in [-0.3, -0.25) is 0 Å². The molecule has 0 N–H and O–H groups in total. The molecule has 1 aromatic rings. The number of para-hydroxylation sites is 1. The topological polar surface area (TPSA) is 9.23 Å². The number of rotatable bonds is 4. The molecule has 1 aromatic carbocycles. The van der Waals surface area contributed by atoms with Crippen molar-refractivity contribution in [2.75, 3.05) is 18.2 Å². The van der Waals surface area contributed by atoms with E-state index in [1.165, 1.54) is 4.90 Å². The number of thioether (sulfide) groups is 1. The molecule has 0 fully saturated rings. The first-order valence-electron chi connectivity index (χ1n) is 3.70. The molecule has 0 unspecified atom stereocenters. The maximum absolute atomic E-state index is 5.21. The second-order valence-corrected chi connectivity index (χ2v) is 4.12. The molecule has 1 rings (SSSR count). The van der Waals surface area contributed by atoms with Crippen molar-refractivity contribution < 1.29 is 4.74 Å². The van der Waals surface area contributed by atoms with E-state index >= 15 is 0 Å². The molecule has 0 aliphatic rings. The molecular formula is C9H11BrOS. The number of ether oxygens (including phenoxy) is 1. The van der Waals surface area contributed by atoms with Gasteiger partial charge < -0.3 is 4.74 Å². The first-order chi connectivity index (χ1) is 5.88. The van der Waals surface area contributed by atoms with E-state index in [-0.39, 0.29) is 0 Å². The normalized spacial score (nSPS) is 9.83. The Balaban J connectivity index is 2.68. The van der Waals surface area contributed by atoms with Gasteiger partial charge in [0.25, 0.3) is 0 Å². The van der Waals surface area contributed by atoms with Gasteiger partial charge in [0.1, 0.15) is 5.75 Å². The van der Waals surface area contributed by atoms with Crippen LogP contribution in [0.15, 0.2) is 29.2 Å². The monoisotopic (exact) mass is 246 g/mol. The number of benzene rings is 1. The zero-order chi connectivity index (χ0) is 8.81. The molecule has 0 heterocycles. The summed E-state index contributed by atoms with van der Waals surface area (Å²) in [6, 6.07) is 8.07. The molecule has 0 aromatic heterocycles. The fourth-order valence-corrected chi connectivity index (χ4v) is 2.14. The Morgan fingerprint density at radius 3 is 2.83 bits per heavy atom. The average Bonchev–Trinajstić information content (AvgIpc) is 2.15. The van der Waals surface area contributed by atoms with E-state index in [0.29, 0.717) is 0 Å². The van der Waals surface area contributed by atoms with Gasteiger partial charge in [0, 0.05) is 16.0 Å². The lowest BCUT2D eigenvalue weighted by Crippen LogP contribution is -1.86. The highest BCUT2D eigenvalue weighted by Crippen LogP contribution is 2.28. The minimum atomic E-state index is 0.962. The van der Waals surface area contributed by atoms with Crippen molar-refractivity contribution in [1.82, 2.24) is 0 Å². The summed E-state index contributed by atoms with van der Waals surface area (Å²) in [5, 5.41) is 1.01. The Kier molecular flexibility index (Phi) is 4.54. The van der Waals surface area contributed by atoms with Gasteiger partial charge in [-0.05, 0) is 12.1 Å². The van der Waals surface area contributed by atoms with Crippen molar-refractivity contribution in [3.05, 3.63) is 24.3 Å². The molecule has 12 heavy (non-hydrogen) atoms. The molecule has 0 saturated heterocycles. The van der Waals surface area contributed by atoms with Gasteiger partial charge >= 0.3 is 0 Å². The summed E-state index contributed by atoms with van der Waals surface area (Å²) in [5.74, 6) is 2.03. The molecule has 1 nitrogen and oxygen atoms in total. The highest BCUT2D eigenvalue weighted by Gasteiger charge is 1.99. The van der Waals surface area contributed by atoms with Crippen LogP contribution in [0.2, 0.25) is 0 Å². The largest absolute Gasteiger partial charge is 0.496 e. The first kappa shape index (κ1) is 9.93. The van der Waals surface area contributed by atoms with Crippen molar-refractivity contribution in [2.24, 2.45) is 0 Å². The van der Waals surface area contributed by atoms with Crippen LogP contribution < -0.4 is 4.74 Å². The van der Waals surface area contributed by atoms with Crippen molar-refractivity contribution in [2.45, 2.75) is 4.90 Å². The fourth-order valence-electron chi connectivity index (χ4n) is 0.887. The summed E-state index contributed by atoms with van der Waals surface area (Å²) in [4.78, 5) is 1.21. The Morgan fingerprint density at radius 2 is 2.17 bits per heavy atom. The molecule has 0 atom stereocenters. The van der Waals surface area contributed by atoms with Crippen LogP contribution in [0.3, 0.4) is 0 Å². The van der Waals surface area contributed by atoms with E-state index in [4.69, 9.17) is 4.74 Å². The molecule has 0 spiro atoms. The molecule has 0 aliphatic carbocycles. The average molecular weight is 247 g/mol. The zero-order valence-electron chi connectivity index (χ0n) is 6.92. The van der Waals surface area contributed by atoms with Crippen LogP contribution in [0.1, 0.15) is 0 Å². The Labute approximate surface area is 85.6 Å². The molecule has 66 valence electrons. The Hall–Kier alpha value is -0.150. The zero-order valence-corrected chi connectivity index (χ0v) is 9.32. The van der Waals surface area contributed by atoms with Gasteiger partial charge in [-0.1, -0.05) is 28.1 Å². The highest BCUT2D eigenvalue weighted by atomic mass is 79.9. The maximum Gasteiger partial charge on any atom is 0.132 e. The Morgan fingerprint density at radius 1 is 1.42 bits per heavy atom. The predicted molar refractivity (Wildman–Crippen MR) is 57.5 cm³/mol. The number of alkyl halides is 1. The molecule has 0 bridgehead atoms. The first-order valence-corrected chi connectivity index (χ1v) is 5.81. The van der Waals surface area contributed by atoms with E-state index in [0.717, 1.165) is 16.8 Å². The van der Waals surface area contributed by atoms with Crippen molar-refractivity contribution in [3.8, 4) is 5.75 Å². The summed E-state index contributed by atoms with van der Waals surface area (Å²) in [6.45, 7) is 0. The number of halogens is 1. The van der Waals surface area contributed by atoms with Crippen LogP contribution in [0.5, 0.6) is 5.75 Å². The Bertz CT molecular complexity index is 240. The van der Waals surface area contributed by atoms with Crippen LogP contribution in [0.4, 0.5) is 0 Å². The maximum atomic E-state index is 5.21. The van der Waals surface area contributed by atoms with Crippen LogP contribution in [-0.4, -0.2) is 18.2 Å². The lowest BCUT2D eigenvalue weighted by Gasteiger charge is -2.05. The van der Waals surface area contributed by atoms with Gasteiger partial charge in [0.15, 0.2) is 0 Å². The SMILES string of the molecule is COc1ccccc1SCCBr. The van der Waals surface area contributed by atoms with E-state index in [1.54, 1.807) is 18.9 Å². The minimum Gasteiger partial charge on any atom is -0.496 e. The van der Waals surface area contributed by atoms with Gasteiger partial charge in [0.05, 0.1) is 7.11 Å². The van der Waals surface area contributed by atoms with E-state index in [9.17, 15) is 0 Å². The lowest BCUT2D eigenvalue weighted by atomic mass is 10.3. The van der Waals surface area contributed by atoms with Crippen LogP contribution >= 0.6 is 27.7 Å². The minimum absolute atomic E-state index is 0.962. The number of methoxy groups -OCH3 is 1. The van der Waals surface area contributed by atoms with E-state index in [2.05, 4.69) is 22.0 Å². The lowest BCUT2D eigenvalue weighted by molar-refractivity contribution is 0.405. The highest BCUT2D eigenvalue weighted by molar-refractivity contribution is 9.09. The molecule has 0 radical (unpaired) electrons. The summed E-state index contributed by atoms with van der Waals surface area (Å²) < 4.78 is 5.21. The standard InChI is InChI=1S/C9H11BrOS/c1-11-8-4-2-3-5-9(8)12-7-6-10/h2-5H,6-7H2,1H3. The quantitative estimate of drug-likeness (QED) is 0.597. The van der Waals surface area contributed by atoms with E-state index in [1.807, 2.05) is 18.2 Å².